The Bertz CT molecular complexity index is 2040. The number of sulfonamides is 1. The Morgan fingerprint density at radius 2 is 1.65 bits per heavy atom. The van der Waals surface area contributed by atoms with Gasteiger partial charge < -0.3 is 15.0 Å². The number of benzene rings is 2. The van der Waals surface area contributed by atoms with Crippen LogP contribution in [0, 0.1) is 0 Å². The lowest BCUT2D eigenvalue weighted by molar-refractivity contribution is -0.139. The van der Waals surface area contributed by atoms with E-state index < -0.39 is 39.8 Å². The summed E-state index contributed by atoms with van der Waals surface area (Å²) < 4.78 is 31.3. The van der Waals surface area contributed by atoms with Gasteiger partial charge in [-0.05, 0) is 72.6 Å². The third-order valence-electron chi connectivity index (χ3n) is 9.06. The first-order valence-corrected chi connectivity index (χ1v) is 21.0. The zero-order chi connectivity index (χ0) is 38.9. The molecule has 5 rings (SSSR count). The molecular formula is C41H49N5O6S2. The van der Waals surface area contributed by atoms with Crippen LogP contribution in [-0.4, -0.2) is 65.9 Å². The number of allylic oxidation sites excluding steroid dienone is 1. The lowest BCUT2D eigenvalue weighted by Crippen LogP contribution is -2.54. The molecule has 2 N–H and O–H groups in total. The molecule has 13 heteroatoms. The molecule has 2 aromatic carbocycles. The molecule has 0 spiro atoms. The molecule has 0 saturated carbocycles. The van der Waals surface area contributed by atoms with E-state index in [0.717, 1.165) is 52.0 Å². The van der Waals surface area contributed by atoms with Crippen LogP contribution in [0.5, 0.6) is 5.75 Å². The van der Waals surface area contributed by atoms with Crippen molar-refractivity contribution in [2.75, 3.05) is 12.8 Å². The summed E-state index contributed by atoms with van der Waals surface area (Å²) in [5, 5.41) is 2.92. The summed E-state index contributed by atoms with van der Waals surface area (Å²) in [4.78, 5) is 52.5. The topological polar surface area (TPSA) is 148 Å². The average molecular weight is 772 g/mol. The van der Waals surface area contributed by atoms with E-state index in [-0.39, 0.29) is 18.4 Å². The Morgan fingerprint density at radius 3 is 2.28 bits per heavy atom. The number of hydrogen-bond donors (Lipinski definition) is 2. The second kappa shape index (κ2) is 18.0. The molecule has 0 aliphatic carbocycles. The molecule has 3 amide bonds. The van der Waals surface area contributed by atoms with Crippen LogP contribution in [0.1, 0.15) is 86.3 Å². The summed E-state index contributed by atoms with van der Waals surface area (Å²) >= 11 is 1.37. The molecule has 1 aliphatic heterocycles. The molecule has 4 aromatic rings. The van der Waals surface area contributed by atoms with Crippen LogP contribution < -0.4 is 14.8 Å². The molecule has 2 aromatic heterocycles. The highest BCUT2D eigenvalue weighted by Crippen LogP contribution is 2.30. The normalized spacial score (nSPS) is 15.3. The first-order valence-electron chi connectivity index (χ1n) is 18.3. The van der Waals surface area contributed by atoms with E-state index in [1.54, 1.807) is 24.7 Å². The van der Waals surface area contributed by atoms with Gasteiger partial charge in [-0.1, -0.05) is 76.9 Å². The minimum Gasteiger partial charge on any atom is -0.465 e. The fourth-order valence-corrected chi connectivity index (χ4v) is 7.60. The Kier molecular flexibility index (Phi) is 13.4. The first kappa shape index (κ1) is 40.3. The van der Waals surface area contributed by atoms with Gasteiger partial charge in [-0.2, -0.15) is 0 Å². The third-order valence-corrected chi connectivity index (χ3v) is 11.1. The van der Waals surface area contributed by atoms with Gasteiger partial charge in [-0.25, -0.2) is 18.4 Å². The molecule has 1 aliphatic rings. The molecule has 0 unspecified atom stereocenters. The van der Waals surface area contributed by atoms with Gasteiger partial charge in [0.05, 0.1) is 17.4 Å². The van der Waals surface area contributed by atoms with Crippen LogP contribution in [0.4, 0.5) is 0 Å². The average Bonchev–Trinajstić information content (AvgIpc) is 3.84. The van der Waals surface area contributed by atoms with Gasteiger partial charge in [0.15, 0.2) is 5.82 Å². The van der Waals surface area contributed by atoms with E-state index in [2.05, 4.69) is 43.0 Å². The first-order chi connectivity index (χ1) is 25.7. The summed E-state index contributed by atoms with van der Waals surface area (Å²) in [5.74, 6) is -0.325. The number of carbonyl (C=O) groups excluding carboxylic acids is 3. The number of carbonyl (C=O) groups is 3. The highest BCUT2D eigenvalue weighted by Gasteiger charge is 2.38. The molecule has 2 atom stereocenters. The summed E-state index contributed by atoms with van der Waals surface area (Å²) in [6, 6.07) is 16.9. The second-order valence-corrected chi connectivity index (χ2v) is 17.4. The van der Waals surface area contributed by atoms with Crippen molar-refractivity contribution in [3.63, 3.8) is 0 Å². The summed E-state index contributed by atoms with van der Waals surface area (Å²) in [7, 11) is -3.82. The SMILES string of the molecule is CCCCC/C=C/Oc1ccc(-c2cnc(-c3ccc(C[C@H](NC(=O)c4ccc(C(C)(C)C)s4)C(=O)N4CCC[C@H]4C(=O)NS(C)(=O)=O)cc3)nc2)cc1. The molecular weight excluding hydrogens is 723 g/mol. The summed E-state index contributed by atoms with van der Waals surface area (Å²) in [5.41, 5.74) is 3.22. The largest absolute Gasteiger partial charge is 0.465 e. The zero-order valence-corrected chi connectivity index (χ0v) is 33.1. The number of amides is 3. The lowest BCUT2D eigenvalue weighted by atomic mass is 9.95. The Morgan fingerprint density at radius 1 is 0.963 bits per heavy atom. The van der Waals surface area contributed by atoms with Crippen molar-refractivity contribution in [1.29, 1.82) is 0 Å². The Balaban J connectivity index is 1.28. The number of rotatable bonds is 15. The van der Waals surface area contributed by atoms with Crippen LogP contribution in [0.25, 0.3) is 22.5 Å². The Hall–Kier alpha value is -4.88. The van der Waals surface area contributed by atoms with Gasteiger partial charge in [0.1, 0.15) is 17.8 Å². The molecule has 1 saturated heterocycles. The number of ether oxygens (including phenoxy) is 1. The quantitative estimate of drug-likeness (QED) is 0.0966. The molecule has 0 radical (unpaired) electrons. The van der Waals surface area contributed by atoms with Gasteiger partial charge in [-0.15, -0.1) is 11.3 Å². The highest BCUT2D eigenvalue weighted by molar-refractivity contribution is 7.89. The molecule has 0 bridgehead atoms. The molecule has 3 heterocycles. The minimum atomic E-state index is -3.82. The minimum absolute atomic E-state index is 0.146. The van der Waals surface area contributed by atoms with E-state index in [4.69, 9.17) is 4.74 Å². The van der Waals surface area contributed by atoms with E-state index in [0.29, 0.717) is 23.5 Å². The monoisotopic (exact) mass is 771 g/mol. The molecule has 1 fully saturated rings. The van der Waals surface area contributed by atoms with Crippen molar-refractivity contribution in [3.05, 3.63) is 101 Å². The van der Waals surface area contributed by atoms with Crippen molar-refractivity contribution < 1.29 is 27.5 Å². The van der Waals surface area contributed by atoms with Crippen molar-refractivity contribution in [3.8, 4) is 28.3 Å². The molecule has 286 valence electrons. The summed E-state index contributed by atoms with van der Waals surface area (Å²) in [6.07, 6.45) is 13.8. The summed E-state index contributed by atoms with van der Waals surface area (Å²) in [6.45, 7) is 8.64. The van der Waals surface area contributed by atoms with Crippen LogP contribution in [0.3, 0.4) is 0 Å². The van der Waals surface area contributed by atoms with E-state index in [9.17, 15) is 22.8 Å². The van der Waals surface area contributed by atoms with Crippen molar-refractivity contribution in [2.24, 2.45) is 0 Å². The smallest absolute Gasteiger partial charge is 0.262 e. The van der Waals surface area contributed by atoms with E-state index in [1.165, 1.54) is 29.1 Å². The van der Waals surface area contributed by atoms with Crippen LogP contribution in [0.2, 0.25) is 0 Å². The lowest BCUT2D eigenvalue weighted by Gasteiger charge is -2.28. The Labute approximate surface area is 322 Å². The highest BCUT2D eigenvalue weighted by atomic mass is 32.2. The maximum absolute atomic E-state index is 14.1. The number of nitrogens with one attached hydrogen (secondary N) is 2. The molecule has 54 heavy (non-hydrogen) atoms. The fourth-order valence-electron chi connectivity index (χ4n) is 6.13. The number of hydrogen-bond acceptors (Lipinski definition) is 9. The predicted octanol–water partition coefficient (Wildman–Crippen LogP) is 7.05. The van der Waals surface area contributed by atoms with Gasteiger partial charge in [0.2, 0.25) is 15.9 Å². The van der Waals surface area contributed by atoms with Crippen molar-refractivity contribution in [1.82, 2.24) is 24.9 Å². The number of likely N-dealkylation sites (tertiary alicyclic amines) is 1. The van der Waals surface area contributed by atoms with Crippen molar-refractivity contribution in [2.45, 2.75) is 90.1 Å². The van der Waals surface area contributed by atoms with Crippen LogP contribution >= 0.6 is 11.3 Å². The van der Waals surface area contributed by atoms with Crippen LogP contribution in [-0.2, 0) is 31.4 Å². The second-order valence-electron chi connectivity index (χ2n) is 14.6. The fraction of sp³-hybridized carbons (Fsp3) is 0.390. The van der Waals surface area contributed by atoms with Gasteiger partial charge in [0, 0.05) is 41.4 Å². The van der Waals surface area contributed by atoms with Gasteiger partial charge in [0.25, 0.3) is 11.8 Å². The van der Waals surface area contributed by atoms with Crippen LogP contribution in [0.15, 0.2) is 85.4 Å². The number of nitrogens with zero attached hydrogens (tertiary/aromatic N) is 3. The standard InChI is InChI=1S/C41H49N5O6S2/c1-6-7-8-9-10-24-52-32-19-17-29(18-20-32)31-26-42-37(43-27-31)30-15-13-28(14-16-30)25-33(44-39(48)35-21-22-36(53-35)41(2,3)4)40(49)46-23-11-12-34(46)38(47)45-54(5,50)51/h10,13-22,24,26-27,33-34H,6-9,11-12,23,25H2,1-5H3,(H,44,48)(H,45,47)/b24-10+/t33-,34-/m0/s1. The maximum Gasteiger partial charge on any atom is 0.262 e. The number of thiophene rings is 1. The van der Waals surface area contributed by atoms with Gasteiger partial charge >= 0.3 is 0 Å². The van der Waals surface area contributed by atoms with E-state index in [1.807, 2.05) is 65.4 Å². The number of aromatic nitrogens is 2. The zero-order valence-electron chi connectivity index (χ0n) is 31.5. The maximum atomic E-state index is 14.1. The number of unbranched alkanes of at least 4 members (excludes halogenated alkanes) is 3. The predicted molar refractivity (Wildman–Crippen MR) is 213 cm³/mol. The van der Waals surface area contributed by atoms with Crippen molar-refractivity contribution >= 4 is 39.1 Å². The third kappa shape index (κ3) is 11.1. The van der Waals surface area contributed by atoms with Gasteiger partial charge in [-0.3, -0.25) is 19.1 Å². The van der Waals surface area contributed by atoms with E-state index >= 15 is 0 Å². The molecule has 11 nitrogen and oxygen atoms in total.